The van der Waals surface area contributed by atoms with Crippen LogP contribution in [-0.2, 0) is 25.6 Å². The fraction of sp³-hybridized carbons (Fsp3) is 0.462. The zero-order valence-electron chi connectivity index (χ0n) is 11.7. The summed E-state index contributed by atoms with van der Waals surface area (Å²) in [5, 5.41) is 0. The van der Waals surface area contributed by atoms with Gasteiger partial charge in [-0.1, -0.05) is 0 Å². The maximum absolute atomic E-state index is 12.3. The van der Waals surface area contributed by atoms with E-state index in [0.717, 1.165) is 0 Å². The minimum atomic E-state index is -0.784. The van der Waals surface area contributed by atoms with Gasteiger partial charge in [0.05, 0.1) is 20.3 Å². The molecule has 1 aromatic rings. The number of nitrogens with two attached hydrogens (primary N) is 1. The molecule has 8 nitrogen and oxygen atoms in total. The zero-order chi connectivity index (χ0) is 15.4. The molecule has 2 rings (SSSR count). The Morgan fingerprint density at radius 3 is 2.95 bits per heavy atom. The van der Waals surface area contributed by atoms with Crippen LogP contribution in [0.2, 0.25) is 0 Å². The van der Waals surface area contributed by atoms with Crippen molar-refractivity contribution in [3.05, 3.63) is 28.7 Å². The summed E-state index contributed by atoms with van der Waals surface area (Å²) in [7, 11) is 1.25. The van der Waals surface area contributed by atoms with Gasteiger partial charge in [-0.2, -0.15) is 0 Å². The summed E-state index contributed by atoms with van der Waals surface area (Å²) in [6.45, 7) is 0.516. The molecular weight excluding hydrogens is 278 g/mol. The summed E-state index contributed by atoms with van der Waals surface area (Å²) < 4.78 is 11.1. The third kappa shape index (κ3) is 3.40. The van der Waals surface area contributed by atoms with Crippen LogP contribution in [0.5, 0.6) is 0 Å². The molecule has 2 N–H and O–H groups in total. The molecule has 21 heavy (non-hydrogen) atoms. The number of nitrogen functional groups attached to an aromatic ring is 1. The average molecular weight is 295 g/mol. The first-order chi connectivity index (χ1) is 10.0. The van der Waals surface area contributed by atoms with Crippen LogP contribution in [0.25, 0.3) is 0 Å². The van der Waals surface area contributed by atoms with Crippen molar-refractivity contribution in [1.29, 1.82) is 0 Å². The number of carbonyl (C=O) groups excluding carboxylic acids is 2. The summed E-state index contributed by atoms with van der Waals surface area (Å²) in [5.74, 6) is -0.899. The normalized spacial score (nSPS) is 18.3. The number of ether oxygens (including phenoxy) is 2. The summed E-state index contributed by atoms with van der Waals surface area (Å²) in [6, 6.07) is 1.97. The molecule has 1 unspecified atom stereocenters. The molecule has 0 bridgehead atoms. The van der Waals surface area contributed by atoms with Crippen LogP contribution in [0.4, 0.5) is 5.69 Å². The summed E-state index contributed by atoms with van der Waals surface area (Å²) in [4.78, 5) is 37.0. The van der Waals surface area contributed by atoms with Crippen LogP contribution in [0.1, 0.15) is 0 Å². The molecular formula is C13H17N3O5. The molecule has 1 atom stereocenters. The first-order valence-corrected chi connectivity index (χ1v) is 6.44. The number of amides is 1. The fourth-order valence-electron chi connectivity index (χ4n) is 2.14. The Hall–Kier alpha value is -2.35. The first kappa shape index (κ1) is 15.0. The van der Waals surface area contributed by atoms with Gasteiger partial charge in [-0.05, 0) is 6.07 Å². The maximum Gasteiger partial charge on any atom is 0.331 e. The number of hydrogen-bond donors (Lipinski definition) is 1. The average Bonchev–Trinajstić information content (AvgIpc) is 2.50. The van der Waals surface area contributed by atoms with E-state index < -0.39 is 12.0 Å². The number of esters is 1. The van der Waals surface area contributed by atoms with E-state index in [4.69, 9.17) is 10.5 Å². The molecule has 0 saturated carbocycles. The van der Waals surface area contributed by atoms with Gasteiger partial charge in [0.25, 0.3) is 5.56 Å². The third-order valence-electron chi connectivity index (χ3n) is 3.23. The number of methoxy groups -OCH3 is 1. The molecule has 0 spiro atoms. The smallest absolute Gasteiger partial charge is 0.331 e. The summed E-state index contributed by atoms with van der Waals surface area (Å²) in [6.07, 6.45) is 1.40. The number of aromatic nitrogens is 1. The second-order valence-corrected chi connectivity index (χ2v) is 4.63. The first-order valence-electron chi connectivity index (χ1n) is 6.44. The van der Waals surface area contributed by atoms with Gasteiger partial charge in [0.2, 0.25) is 5.91 Å². The van der Waals surface area contributed by atoms with Gasteiger partial charge in [0.15, 0.2) is 6.04 Å². The second kappa shape index (κ2) is 6.40. The number of morpholine rings is 1. The number of hydrogen-bond acceptors (Lipinski definition) is 6. The number of carbonyl (C=O) groups is 2. The number of pyridine rings is 1. The van der Waals surface area contributed by atoms with Crippen molar-refractivity contribution in [2.75, 3.05) is 32.6 Å². The Kier molecular flexibility index (Phi) is 4.59. The van der Waals surface area contributed by atoms with Crippen molar-refractivity contribution in [3.8, 4) is 0 Å². The van der Waals surface area contributed by atoms with E-state index in [-0.39, 0.29) is 31.2 Å². The van der Waals surface area contributed by atoms with Gasteiger partial charge in [0.1, 0.15) is 6.54 Å². The fourth-order valence-corrected chi connectivity index (χ4v) is 2.14. The predicted octanol–water partition coefficient (Wildman–Crippen LogP) is -1.17. The third-order valence-corrected chi connectivity index (χ3v) is 3.23. The quantitative estimate of drug-likeness (QED) is 0.705. The largest absolute Gasteiger partial charge is 0.467 e. The summed E-state index contributed by atoms with van der Waals surface area (Å²) in [5.41, 5.74) is 5.65. The molecule has 1 saturated heterocycles. The van der Waals surface area contributed by atoms with Crippen molar-refractivity contribution in [2.45, 2.75) is 12.6 Å². The minimum absolute atomic E-state index is 0.0875. The molecule has 1 aromatic heterocycles. The van der Waals surface area contributed by atoms with E-state index in [2.05, 4.69) is 4.74 Å². The van der Waals surface area contributed by atoms with E-state index in [0.29, 0.717) is 12.3 Å². The molecule has 0 aliphatic carbocycles. The maximum atomic E-state index is 12.3. The highest BCUT2D eigenvalue weighted by molar-refractivity contribution is 5.84. The molecule has 2 heterocycles. The van der Waals surface area contributed by atoms with Crippen molar-refractivity contribution >= 4 is 17.6 Å². The Bertz CT molecular complexity index is 598. The van der Waals surface area contributed by atoms with Gasteiger partial charge in [-0.25, -0.2) is 4.79 Å². The monoisotopic (exact) mass is 295 g/mol. The highest BCUT2D eigenvalue weighted by Crippen LogP contribution is 2.10. The Balaban J connectivity index is 2.16. The Morgan fingerprint density at radius 1 is 1.48 bits per heavy atom. The van der Waals surface area contributed by atoms with Crippen LogP contribution in [0.3, 0.4) is 0 Å². The van der Waals surface area contributed by atoms with Gasteiger partial charge in [-0.15, -0.1) is 0 Å². The molecule has 0 radical (unpaired) electrons. The molecule has 1 fully saturated rings. The van der Waals surface area contributed by atoms with Crippen LogP contribution < -0.4 is 11.3 Å². The lowest BCUT2D eigenvalue weighted by molar-refractivity contribution is -0.161. The topological polar surface area (TPSA) is 104 Å². The second-order valence-electron chi connectivity index (χ2n) is 4.63. The van der Waals surface area contributed by atoms with Gasteiger partial charge < -0.3 is 24.7 Å². The van der Waals surface area contributed by atoms with Crippen molar-refractivity contribution in [1.82, 2.24) is 9.47 Å². The number of rotatable bonds is 3. The highest BCUT2D eigenvalue weighted by atomic mass is 16.5. The molecule has 114 valence electrons. The van der Waals surface area contributed by atoms with E-state index >= 15 is 0 Å². The van der Waals surface area contributed by atoms with Crippen molar-refractivity contribution < 1.29 is 19.1 Å². The SMILES string of the molecule is COC(=O)C1COCCN1C(=O)Cn1cc(N)ccc1=O. The number of anilines is 1. The van der Waals surface area contributed by atoms with E-state index in [1.54, 1.807) is 0 Å². The summed E-state index contributed by atoms with van der Waals surface area (Å²) >= 11 is 0. The van der Waals surface area contributed by atoms with E-state index in [1.165, 1.54) is 34.9 Å². The van der Waals surface area contributed by atoms with E-state index in [9.17, 15) is 14.4 Å². The molecule has 1 amide bonds. The Labute approximate surface area is 121 Å². The van der Waals surface area contributed by atoms with Gasteiger partial charge in [-0.3, -0.25) is 9.59 Å². The lowest BCUT2D eigenvalue weighted by atomic mass is 10.2. The molecule has 0 aromatic carbocycles. The van der Waals surface area contributed by atoms with Crippen LogP contribution in [-0.4, -0.2) is 54.3 Å². The molecule has 1 aliphatic heterocycles. The predicted molar refractivity (Wildman–Crippen MR) is 73.5 cm³/mol. The van der Waals surface area contributed by atoms with E-state index in [1.807, 2.05) is 0 Å². The van der Waals surface area contributed by atoms with Gasteiger partial charge in [0, 0.05) is 24.5 Å². The van der Waals surface area contributed by atoms with Crippen molar-refractivity contribution in [2.24, 2.45) is 0 Å². The lowest BCUT2D eigenvalue weighted by Crippen LogP contribution is -2.54. The lowest BCUT2D eigenvalue weighted by Gasteiger charge is -2.33. The van der Waals surface area contributed by atoms with Crippen LogP contribution in [0, 0.1) is 0 Å². The molecule has 8 heteroatoms. The Morgan fingerprint density at radius 2 is 2.24 bits per heavy atom. The van der Waals surface area contributed by atoms with Gasteiger partial charge >= 0.3 is 5.97 Å². The highest BCUT2D eigenvalue weighted by Gasteiger charge is 2.33. The minimum Gasteiger partial charge on any atom is -0.467 e. The van der Waals surface area contributed by atoms with Crippen LogP contribution >= 0.6 is 0 Å². The van der Waals surface area contributed by atoms with Crippen LogP contribution in [0.15, 0.2) is 23.1 Å². The zero-order valence-corrected chi connectivity index (χ0v) is 11.7. The molecule has 1 aliphatic rings. The standard InChI is InChI=1S/C13H17N3O5/c1-20-13(19)10-8-21-5-4-16(10)12(18)7-15-6-9(14)2-3-11(15)17/h2-3,6,10H,4-5,7-8,14H2,1H3. The number of nitrogens with zero attached hydrogens (tertiary/aromatic N) is 2. The van der Waals surface area contributed by atoms with Crippen molar-refractivity contribution in [3.63, 3.8) is 0 Å².